The van der Waals surface area contributed by atoms with Crippen molar-refractivity contribution in [3.8, 4) is 5.75 Å². The highest BCUT2D eigenvalue weighted by molar-refractivity contribution is 8.26. The zero-order valence-corrected chi connectivity index (χ0v) is 15.9. The van der Waals surface area contributed by atoms with Crippen LogP contribution in [0.2, 0.25) is 0 Å². The van der Waals surface area contributed by atoms with Gasteiger partial charge in [-0.15, -0.1) is 0 Å². The molecular formula is C17H13ClN2O4S2. The molecule has 2 aliphatic rings. The van der Waals surface area contributed by atoms with Crippen molar-refractivity contribution >= 4 is 57.5 Å². The van der Waals surface area contributed by atoms with Gasteiger partial charge in [-0.2, -0.15) is 0 Å². The van der Waals surface area contributed by atoms with Crippen molar-refractivity contribution in [3.63, 3.8) is 0 Å². The van der Waals surface area contributed by atoms with Gasteiger partial charge in [0.1, 0.15) is 10.9 Å². The molecule has 1 aromatic carbocycles. The first-order chi connectivity index (χ1) is 12.4. The van der Waals surface area contributed by atoms with Gasteiger partial charge in [0.05, 0.1) is 10.6 Å². The van der Waals surface area contributed by atoms with Gasteiger partial charge in [0.2, 0.25) is 0 Å². The lowest BCUT2D eigenvalue weighted by Gasteiger charge is -2.10. The summed E-state index contributed by atoms with van der Waals surface area (Å²) in [5.41, 5.74) is 0.942. The SMILES string of the molecule is CN1C(=CC=C(Cl)/C=C2/SC(=S)N(CC(=O)O)C2=O)Oc2ccccc21. The Morgan fingerprint density at radius 3 is 2.85 bits per heavy atom. The van der Waals surface area contributed by atoms with Gasteiger partial charge in [-0.05, 0) is 24.3 Å². The minimum Gasteiger partial charge on any atom is -0.480 e. The average Bonchev–Trinajstić information content (AvgIpc) is 3.05. The van der Waals surface area contributed by atoms with Gasteiger partial charge in [0.15, 0.2) is 11.6 Å². The lowest BCUT2D eigenvalue weighted by atomic mass is 10.3. The van der Waals surface area contributed by atoms with Gasteiger partial charge in [-0.3, -0.25) is 14.5 Å². The molecule has 1 aromatic rings. The summed E-state index contributed by atoms with van der Waals surface area (Å²) in [7, 11) is 1.87. The van der Waals surface area contributed by atoms with Crippen molar-refractivity contribution in [3.05, 3.63) is 58.3 Å². The molecule has 26 heavy (non-hydrogen) atoms. The summed E-state index contributed by atoms with van der Waals surface area (Å²) in [5.74, 6) is -0.255. The van der Waals surface area contributed by atoms with E-state index in [0.717, 1.165) is 28.1 Å². The molecule has 0 spiro atoms. The number of anilines is 1. The Balaban J connectivity index is 1.75. The molecule has 0 saturated carbocycles. The largest absolute Gasteiger partial charge is 0.480 e. The first kappa shape index (κ1) is 18.5. The van der Waals surface area contributed by atoms with E-state index in [4.69, 9.17) is 33.7 Å². The third-order valence-electron chi connectivity index (χ3n) is 3.59. The molecule has 0 aliphatic carbocycles. The third kappa shape index (κ3) is 3.77. The molecule has 0 radical (unpaired) electrons. The van der Waals surface area contributed by atoms with Crippen LogP contribution in [0.4, 0.5) is 5.69 Å². The number of nitrogens with zero attached hydrogens (tertiary/aromatic N) is 2. The van der Waals surface area contributed by atoms with Crippen LogP contribution >= 0.6 is 35.6 Å². The van der Waals surface area contributed by atoms with Crippen LogP contribution in [0.15, 0.2) is 58.3 Å². The molecule has 6 nitrogen and oxygen atoms in total. The number of fused-ring (bicyclic) bond motifs is 1. The molecule has 2 heterocycles. The number of carbonyl (C=O) groups excluding carboxylic acids is 1. The lowest BCUT2D eigenvalue weighted by Crippen LogP contribution is -2.33. The zero-order valence-electron chi connectivity index (χ0n) is 13.5. The van der Waals surface area contributed by atoms with E-state index in [1.165, 1.54) is 6.08 Å². The summed E-state index contributed by atoms with van der Waals surface area (Å²) in [6.45, 7) is -0.468. The number of carboxylic acid groups (broad SMARTS) is 1. The molecule has 0 aromatic heterocycles. The maximum Gasteiger partial charge on any atom is 0.323 e. The van der Waals surface area contributed by atoms with Gasteiger partial charge in [0.25, 0.3) is 5.91 Å². The summed E-state index contributed by atoms with van der Waals surface area (Å²) >= 11 is 12.2. The summed E-state index contributed by atoms with van der Waals surface area (Å²) in [6, 6.07) is 7.61. The monoisotopic (exact) mass is 408 g/mol. The third-order valence-corrected chi connectivity index (χ3v) is 5.21. The maximum atomic E-state index is 12.2. The number of carboxylic acids is 1. The molecule has 0 atom stereocenters. The van der Waals surface area contributed by atoms with Crippen molar-refractivity contribution in [1.82, 2.24) is 4.90 Å². The van der Waals surface area contributed by atoms with E-state index >= 15 is 0 Å². The van der Waals surface area contributed by atoms with Crippen LogP contribution in [0.25, 0.3) is 0 Å². The van der Waals surface area contributed by atoms with Crippen molar-refractivity contribution < 1.29 is 19.4 Å². The minimum absolute atomic E-state index is 0.195. The lowest BCUT2D eigenvalue weighted by molar-refractivity contribution is -0.140. The molecule has 0 bridgehead atoms. The van der Waals surface area contributed by atoms with Crippen LogP contribution in [0.5, 0.6) is 5.75 Å². The topological polar surface area (TPSA) is 70.1 Å². The van der Waals surface area contributed by atoms with E-state index in [1.54, 1.807) is 12.2 Å². The quantitative estimate of drug-likeness (QED) is 0.605. The molecule has 1 saturated heterocycles. The number of carbonyl (C=O) groups is 2. The molecular weight excluding hydrogens is 396 g/mol. The number of thioether (sulfide) groups is 1. The number of benzene rings is 1. The number of aliphatic carboxylic acids is 1. The molecule has 1 amide bonds. The second kappa shape index (κ2) is 7.53. The van der Waals surface area contributed by atoms with Gasteiger partial charge < -0.3 is 14.7 Å². The number of hydrogen-bond acceptors (Lipinski definition) is 6. The number of hydrogen-bond donors (Lipinski definition) is 1. The fourth-order valence-electron chi connectivity index (χ4n) is 2.36. The predicted molar refractivity (Wildman–Crippen MR) is 105 cm³/mol. The summed E-state index contributed by atoms with van der Waals surface area (Å²) in [5, 5.41) is 9.13. The highest BCUT2D eigenvalue weighted by Crippen LogP contribution is 2.37. The fraction of sp³-hybridized carbons (Fsp3) is 0.118. The van der Waals surface area contributed by atoms with E-state index in [-0.39, 0.29) is 9.23 Å². The number of ether oxygens (including phenoxy) is 1. The number of allylic oxidation sites excluding steroid dienone is 4. The van der Waals surface area contributed by atoms with Gasteiger partial charge in [-0.25, -0.2) is 0 Å². The van der Waals surface area contributed by atoms with E-state index in [1.807, 2.05) is 36.2 Å². The zero-order chi connectivity index (χ0) is 18.8. The number of thiocarbonyl (C=S) groups is 1. The number of rotatable bonds is 4. The van der Waals surface area contributed by atoms with Crippen LogP contribution in [-0.2, 0) is 9.59 Å². The van der Waals surface area contributed by atoms with Crippen LogP contribution in [0.1, 0.15) is 0 Å². The van der Waals surface area contributed by atoms with Crippen LogP contribution in [0.3, 0.4) is 0 Å². The Morgan fingerprint density at radius 2 is 2.15 bits per heavy atom. The van der Waals surface area contributed by atoms with Gasteiger partial charge in [0, 0.05) is 18.2 Å². The normalized spacial score (nSPS) is 20.2. The Labute approximate surface area is 164 Å². The standard InChI is InChI=1S/C17H13ClN2O4S2/c1-19-11-4-2-3-5-12(11)24-14(19)7-6-10(18)8-13-16(23)20(9-15(21)22)17(25)26-13/h2-8H,9H2,1H3,(H,21,22)/b10-6?,13-8+,14-7?. The smallest absolute Gasteiger partial charge is 0.323 e. The van der Waals surface area contributed by atoms with Crippen LogP contribution < -0.4 is 9.64 Å². The molecule has 9 heteroatoms. The van der Waals surface area contributed by atoms with E-state index in [9.17, 15) is 9.59 Å². The average molecular weight is 409 g/mol. The Morgan fingerprint density at radius 1 is 1.42 bits per heavy atom. The molecule has 2 aliphatic heterocycles. The highest BCUT2D eigenvalue weighted by atomic mass is 35.5. The molecule has 1 fully saturated rings. The molecule has 3 rings (SSSR count). The van der Waals surface area contributed by atoms with Crippen LogP contribution in [0, 0.1) is 0 Å². The molecule has 134 valence electrons. The number of amides is 1. The summed E-state index contributed by atoms with van der Waals surface area (Å²) < 4.78 is 5.93. The van der Waals surface area contributed by atoms with E-state index in [2.05, 4.69) is 0 Å². The summed E-state index contributed by atoms with van der Waals surface area (Å²) in [4.78, 5) is 26.2. The van der Waals surface area contributed by atoms with Crippen molar-refractivity contribution in [2.24, 2.45) is 0 Å². The second-order valence-corrected chi connectivity index (χ2v) is 7.46. The van der Waals surface area contributed by atoms with Crippen LogP contribution in [-0.4, -0.2) is 39.8 Å². The van der Waals surface area contributed by atoms with Crippen molar-refractivity contribution in [2.75, 3.05) is 18.5 Å². The van der Waals surface area contributed by atoms with Crippen molar-refractivity contribution in [2.45, 2.75) is 0 Å². The minimum atomic E-state index is -1.13. The first-order valence-electron chi connectivity index (χ1n) is 7.42. The first-order valence-corrected chi connectivity index (χ1v) is 9.02. The summed E-state index contributed by atoms with van der Waals surface area (Å²) in [6.07, 6.45) is 4.75. The van der Waals surface area contributed by atoms with E-state index in [0.29, 0.717) is 10.9 Å². The maximum absolute atomic E-state index is 12.2. The van der Waals surface area contributed by atoms with Gasteiger partial charge >= 0.3 is 5.97 Å². The van der Waals surface area contributed by atoms with Gasteiger partial charge in [-0.1, -0.05) is 47.7 Å². The Hall–Kier alpha value is -2.29. The second-order valence-electron chi connectivity index (χ2n) is 5.35. The van der Waals surface area contributed by atoms with Crippen molar-refractivity contribution in [1.29, 1.82) is 0 Å². The fourth-order valence-corrected chi connectivity index (χ4v) is 3.84. The number of halogens is 1. The Kier molecular flexibility index (Phi) is 5.36. The Bertz CT molecular complexity index is 895. The molecule has 0 unspecified atom stereocenters. The highest BCUT2D eigenvalue weighted by Gasteiger charge is 2.33. The number of para-hydroxylation sites is 2. The van der Waals surface area contributed by atoms with E-state index < -0.39 is 18.4 Å². The molecule has 1 N–H and O–H groups in total. The predicted octanol–water partition coefficient (Wildman–Crippen LogP) is 3.31.